The number of alkyl carbamates (subject to hydrolysis) is 1. The molecule has 1 aromatic rings. The Kier molecular flexibility index (Phi) is 3.50. The molecule has 3 N–H and O–H groups in total. The van der Waals surface area contributed by atoms with Crippen LogP contribution in [0.4, 0.5) is 9.59 Å². The van der Waals surface area contributed by atoms with Crippen molar-refractivity contribution < 1.29 is 14.3 Å². The van der Waals surface area contributed by atoms with Gasteiger partial charge in [0.1, 0.15) is 5.60 Å². The molecule has 0 heterocycles. The predicted molar refractivity (Wildman–Crippen MR) is 58.7 cm³/mol. The zero-order valence-corrected chi connectivity index (χ0v) is 9.19. The number of carbonyl (C=O) groups excluding carboxylic acids is 2. The summed E-state index contributed by atoms with van der Waals surface area (Å²) in [5.74, 6) is 0. The summed E-state index contributed by atoms with van der Waals surface area (Å²) in [4.78, 5) is 21.7. The average Bonchev–Trinajstić information content (AvgIpc) is 2.16. The van der Waals surface area contributed by atoms with Crippen LogP contribution >= 0.6 is 0 Å². The van der Waals surface area contributed by atoms with Crippen LogP contribution in [0.15, 0.2) is 30.3 Å². The molecule has 0 aliphatic heterocycles. The van der Waals surface area contributed by atoms with E-state index in [9.17, 15) is 9.59 Å². The number of ether oxygens (including phenoxy) is 1. The highest BCUT2D eigenvalue weighted by molar-refractivity contribution is 5.89. The molecule has 0 radical (unpaired) electrons. The van der Waals surface area contributed by atoms with Gasteiger partial charge in [-0.25, -0.2) is 14.9 Å². The smallest absolute Gasteiger partial charge is 0.416 e. The van der Waals surface area contributed by atoms with E-state index in [1.165, 1.54) is 0 Å². The number of amides is 3. The van der Waals surface area contributed by atoms with Crippen LogP contribution in [-0.2, 0) is 10.3 Å². The number of benzene rings is 1. The Morgan fingerprint density at radius 2 is 1.81 bits per heavy atom. The topological polar surface area (TPSA) is 81.4 Å². The molecule has 86 valence electrons. The molecular weight excluding hydrogens is 208 g/mol. The Morgan fingerprint density at radius 1 is 1.25 bits per heavy atom. The average molecular weight is 222 g/mol. The first kappa shape index (κ1) is 12.0. The lowest BCUT2D eigenvalue weighted by Crippen LogP contribution is -2.39. The van der Waals surface area contributed by atoms with E-state index in [2.05, 4.69) is 0 Å². The summed E-state index contributed by atoms with van der Waals surface area (Å²) in [7, 11) is 0. The van der Waals surface area contributed by atoms with Crippen LogP contribution in [0, 0.1) is 0 Å². The van der Waals surface area contributed by atoms with E-state index in [0.29, 0.717) is 0 Å². The van der Waals surface area contributed by atoms with E-state index in [-0.39, 0.29) is 0 Å². The molecule has 0 bridgehead atoms. The number of primary amides is 1. The zero-order chi connectivity index (χ0) is 12.2. The highest BCUT2D eigenvalue weighted by atomic mass is 16.6. The maximum absolute atomic E-state index is 11.2. The molecule has 0 aliphatic rings. The first-order chi connectivity index (χ1) is 7.42. The number of hydrogen-bond donors (Lipinski definition) is 2. The summed E-state index contributed by atoms with van der Waals surface area (Å²) in [5.41, 5.74) is 4.81. The van der Waals surface area contributed by atoms with Crippen molar-refractivity contribution in [3.8, 4) is 0 Å². The van der Waals surface area contributed by atoms with Crippen LogP contribution < -0.4 is 11.1 Å². The fraction of sp³-hybridized carbons (Fsp3) is 0.273. The number of urea groups is 1. The van der Waals surface area contributed by atoms with Gasteiger partial charge in [-0.1, -0.05) is 30.3 Å². The quantitative estimate of drug-likeness (QED) is 0.799. The lowest BCUT2D eigenvalue weighted by atomic mass is 9.98. The Labute approximate surface area is 93.6 Å². The summed E-state index contributed by atoms with van der Waals surface area (Å²) in [6.07, 6.45) is -0.860. The Morgan fingerprint density at radius 3 is 2.31 bits per heavy atom. The number of rotatable bonds is 2. The molecule has 0 aliphatic carbocycles. The molecule has 5 heteroatoms. The third-order valence-electron chi connectivity index (χ3n) is 2.04. The van der Waals surface area contributed by atoms with Crippen molar-refractivity contribution >= 4 is 12.1 Å². The van der Waals surface area contributed by atoms with E-state index < -0.39 is 17.7 Å². The molecule has 16 heavy (non-hydrogen) atoms. The van der Waals surface area contributed by atoms with Crippen LogP contribution in [0.1, 0.15) is 19.4 Å². The molecule has 1 aromatic carbocycles. The minimum absolute atomic E-state index is 0.819. The summed E-state index contributed by atoms with van der Waals surface area (Å²) < 4.78 is 5.08. The van der Waals surface area contributed by atoms with E-state index in [1.54, 1.807) is 13.8 Å². The van der Waals surface area contributed by atoms with Crippen molar-refractivity contribution in [1.29, 1.82) is 0 Å². The minimum Gasteiger partial charge on any atom is -0.438 e. The summed E-state index contributed by atoms with van der Waals surface area (Å²) in [6, 6.07) is 8.27. The number of nitrogens with two attached hydrogens (primary N) is 1. The summed E-state index contributed by atoms with van der Waals surface area (Å²) in [6.45, 7) is 3.45. The molecule has 0 fully saturated rings. The Balaban J connectivity index is 2.72. The van der Waals surface area contributed by atoms with Crippen LogP contribution in [0.5, 0.6) is 0 Å². The molecular formula is C11H14N2O3. The monoisotopic (exact) mass is 222 g/mol. The van der Waals surface area contributed by atoms with Gasteiger partial charge in [-0.2, -0.15) is 0 Å². The van der Waals surface area contributed by atoms with Crippen molar-refractivity contribution in [3.05, 3.63) is 35.9 Å². The number of hydrogen-bond acceptors (Lipinski definition) is 3. The molecule has 0 saturated heterocycles. The van der Waals surface area contributed by atoms with Gasteiger partial charge in [-0.05, 0) is 19.4 Å². The van der Waals surface area contributed by atoms with Gasteiger partial charge in [0.2, 0.25) is 0 Å². The van der Waals surface area contributed by atoms with Crippen LogP contribution in [-0.4, -0.2) is 12.1 Å². The highest BCUT2D eigenvalue weighted by Crippen LogP contribution is 2.24. The molecule has 0 aromatic heterocycles. The van der Waals surface area contributed by atoms with Gasteiger partial charge in [0.15, 0.2) is 0 Å². The third-order valence-corrected chi connectivity index (χ3v) is 2.04. The second-order valence-corrected chi connectivity index (χ2v) is 3.76. The van der Waals surface area contributed by atoms with Crippen molar-refractivity contribution in [3.63, 3.8) is 0 Å². The predicted octanol–water partition coefficient (Wildman–Crippen LogP) is 1.73. The second-order valence-electron chi connectivity index (χ2n) is 3.76. The van der Waals surface area contributed by atoms with Crippen LogP contribution in [0.3, 0.4) is 0 Å². The maximum atomic E-state index is 11.2. The molecule has 0 atom stereocenters. The number of imide groups is 1. The molecule has 0 saturated carbocycles. The Bertz CT molecular complexity index is 387. The fourth-order valence-electron chi connectivity index (χ4n) is 1.26. The van der Waals surface area contributed by atoms with Crippen molar-refractivity contribution in [2.75, 3.05) is 0 Å². The van der Waals surface area contributed by atoms with Crippen molar-refractivity contribution in [2.45, 2.75) is 19.4 Å². The molecule has 5 nitrogen and oxygen atoms in total. The lowest BCUT2D eigenvalue weighted by molar-refractivity contribution is 0.0386. The van der Waals surface area contributed by atoms with Gasteiger partial charge in [0.05, 0.1) is 0 Å². The van der Waals surface area contributed by atoms with Gasteiger partial charge in [0, 0.05) is 0 Å². The van der Waals surface area contributed by atoms with E-state index in [4.69, 9.17) is 10.5 Å². The van der Waals surface area contributed by atoms with Gasteiger partial charge in [0.25, 0.3) is 0 Å². The Hall–Kier alpha value is -2.04. The van der Waals surface area contributed by atoms with Gasteiger partial charge >= 0.3 is 12.1 Å². The highest BCUT2D eigenvalue weighted by Gasteiger charge is 2.25. The van der Waals surface area contributed by atoms with Crippen molar-refractivity contribution in [1.82, 2.24) is 5.32 Å². The molecule has 0 unspecified atom stereocenters. The van der Waals surface area contributed by atoms with Gasteiger partial charge < -0.3 is 10.5 Å². The summed E-state index contributed by atoms with van der Waals surface area (Å²) >= 11 is 0. The largest absolute Gasteiger partial charge is 0.438 e. The van der Waals surface area contributed by atoms with Gasteiger partial charge in [-0.15, -0.1) is 0 Å². The van der Waals surface area contributed by atoms with Gasteiger partial charge in [-0.3, -0.25) is 0 Å². The lowest BCUT2D eigenvalue weighted by Gasteiger charge is -2.25. The first-order valence-corrected chi connectivity index (χ1v) is 4.77. The maximum Gasteiger partial charge on any atom is 0.416 e. The second kappa shape index (κ2) is 4.65. The first-order valence-electron chi connectivity index (χ1n) is 4.77. The van der Waals surface area contributed by atoms with E-state index in [0.717, 1.165) is 5.56 Å². The van der Waals surface area contributed by atoms with E-state index in [1.807, 2.05) is 35.6 Å². The van der Waals surface area contributed by atoms with Crippen molar-refractivity contribution in [2.24, 2.45) is 5.73 Å². The van der Waals surface area contributed by atoms with Crippen LogP contribution in [0.2, 0.25) is 0 Å². The minimum atomic E-state index is -0.936. The zero-order valence-electron chi connectivity index (χ0n) is 9.19. The van der Waals surface area contributed by atoms with E-state index >= 15 is 0 Å². The molecule has 3 amide bonds. The summed E-state index contributed by atoms with van der Waals surface area (Å²) in [5, 5.41) is 1.85. The standard InChI is InChI=1S/C11H14N2O3/c1-11(2,8-6-4-3-5-7-8)16-10(15)13-9(12)14/h3-7H,1-2H3,(H3,12,13,14,15). The number of carbonyl (C=O) groups is 2. The van der Waals surface area contributed by atoms with Crippen LogP contribution in [0.25, 0.3) is 0 Å². The molecule has 1 rings (SSSR count). The number of nitrogens with one attached hydrogen (secondary N) is 1. The normalized spacial score (nSPS) is 10.6. The fourth-order valence-corrected chi connectivity index (χ4v) is 1.26. The SMILES string of the molecule is CC(C)(OC(=O)NC(N)=O)c1ccccc1. The third kappa shape index (κ3) is 3.27. The molecule has 0 spiro atoms.